The molecule has 2 aromatic carbocycles. The second-order valence-corrected chi connectivity index (χ2v) is 11.8. The van der Waals surface area contributed by atoms with Crippen molar-refractivity contribution in [3.8, 4) is 11.5 Å². The Bertz CT molecular complexity index is 717. The Hall–Kier alpha value is -1.02. The van der Waals surface area contributed by atoms with Gasteiger partial charge < -0.3 is 9.05 Å². The number of para-hydroxylation sites is 1. The molecule has 2 nitrogen and oxygen atoms in total. The lowest BCUT2D eigenvalue weighted by Gasteiger charge is -2.26. The maximum atomic E-state index is 6.31. The Morgan fingerprint density at radius 1 is 0.885 bits per heavy atom. The first kappa shape index (κ1) is 21.3. The molecule has 0 aliphatic carbocycles. The van der Waals surface area contributed by atoms with Gasteiger partial charge in [-0.25, -0.2) is 0 Å². The molecule has 0 saturated heterocycles. The summed E-state index contributed by atoms with van der Waals surface area (Å²) < 4.78 is 11.4. The lowest BCUT2D eigenvalue weighted by Crippen LogP contribution is -2.16. The number of hydrogen-bond donors (Lipinski definition) is 0. The maximum Gasteiger partial charge on any atom is 0.384 e. The van der Waals surface area contributed by atoms with Gasteiger partial charge in [0.2, 0.25) is 0 Å². The maximum absolute atomic E-state index is 6.31. The van der Waals surface area contributed by atoms with E-state index in [0.29, 0.717) is 11.5 Å². The molecule has 0 heterocycles. The van der Waals surface area contributed by atoms with Crippen molar-refractivity contribution < 1.29 is 9.05 Å². The molecule has 0 amide bonds. The second-order valence-electron chi connectivity index (χ2n) is 7.15. The van der Waals surface area contributed by atoms with Crippen LogP contribution < -0.4 is 9.05 Å². The molecule has 1 unspecified atom stereocenters. The monoisotopic (exact) mass is 410 g/mol. The van der Waals surface area contributed by atoms with Gasteiger partial charge in [0.05, 0.1) is 0 Å². The van der Waals surface area contributed by atoms with Crippen molar-refractivity contribution in [2.45, 2.75) is 58.3 Å². The van der Waals surface area contributed by atoms with Gasteiger partial charge >= 0.3 is 5.84 Å². The van der Waals surface area contributed by atoms with E-state index >= 15 is 0 Å². The summed E-state index contributed by atoms with van der Waals surface area (Å²) in [5.74, 6) is -1.65. The van der Waals surface area contributed by atoms with Crippen molar-refractivity contribution in [3.63, 3.8) is 0 Å². The highest BCUT2D eigenvalue weighted by atomic mass is 35.7. The van der Waals surface area contributed by atoms with E-state index in [2.05, 4.69) is 32.9 Å². The predicted molar refractivity (Wildman–Crippen MR) is 116 cm³/mol. The molecular weight excluding hydrogens is 383 g/mol. The van der Waals surface area contributed by atoms with Gasteiger partial charge in [-0.15, -0.1) is 0 Å². The van der Waals surface area contributed by atoms with Crippen molar-refractivity contribution in [2.24, 2.45) is 0 Å². The van der Waals surface area contributed by atoms with Gasteiger partial charge in [-0.2, -0.15) is 0 Å². The predicted octanol–water partition coefficient (Wildman–Crippen LogP) is 7.86. The van der Waals surface area contributed by atoms with Crippen LogP contribution in [0, 0.1) is 0 Å². The molecule has 2 aromatic rings. The summed E-state index contributed by atoms with van der Waals surface area (Å²) in [5, 5.41) is 0. The van der Waals surface area contributed by atoms with Crippen LogP contribution in [0.1, 0.15) is 58.4 Å². The molecule has 0 radical (unpaired) electrons. The SMILES string of the molecule is CCCCCCC(C)(C)c1ccc(OP(=S)(Cl)Oc2ccccc2)cc1. The molecule has 0 saturated carbocycles. The molecule has 0 bridgehead atoms. The van der Waals surface area contributed by atoms with Crippen molar-refractivity contribution in [1.82, 2.24) is 0 Å². The summed E-state index contributed by atoms with van der Waals surface area (Å²) in [5.41, 5.74) is 1.45. The van der Waals surface area contributed by atoms with E-state index in [0.717, 1.165) is 0 Å². The third kappa shape index (κ3) is 6.95. The van der Waals surface area contributed by atoms with Crippen molar-refractivity contribution in [3.05, 3.63) is 60.2 Å². The van der Waals surface area contributed by atoms with Crippen LogP contribution in [0.3, 0.4) is 0 Å². The average Bonchev–Trinajstić information content (AvgIpc) is 2.59. The lowest BCUT2D eigenvalue weighted by atomic mass is 9.80. The van der Waals surface area contributed by atoms with Crippen LogP contribution in [0.2, 0.25) is 0 Å². The smallest absolute Gasteiger partial charge is 0.384 e. The van der Waals surface area contributed by atoms with Gasteiger partial charge in [0.25, 0.3) is 0 Å². The fourth-order valence-electron chi connectivity index (χ4n) is 2.86. The quantitative estimate of drug-likeness (QED) is 0.293. The number of rotatable bonds is 10. The zero-order valence-electron chi connectivity index (χ0n) is 15.8. The summed E-state index contributed by atoms with van der Waals surface area (Å²) in [7, 11) is 0. The van der Waals surface area contributed by atoms with E-state index in [-0.39, 0.29) is 5.41 Å². The molecule has 0 aliphatic rings. The molecule has 26 heavy (non-hydrogen) atoms. The largest absolute Gasteiger partial charge is 0.425 e. The molecule has 1 atom stereocenters. The summed E-state index contributed by atoms with van der Waals surface area (Å²) >= 11 is 11.6. The third-order valence-electron chi connectivity index (χ3n) is 4.46. The molecule has 5 heteroatoms. The van der Waals surface area contributed by atoms with Crippen LogP contribution in [-0.4, -0.2) is 0 Å². The number of hydrogen-bond acceptors (Lipinski definition) is 3. The van der Waals surface area contributed by atoms with E-state index in [1.807, 2.05) is 42.5 Å². The van der Waals surface area contributed by atoms with Crippen LogP contribution in [0.5, 0.6) is 11.5 Å². The van der Waals surface area contributed by atoms with Crippen LogP contribution in [0.4, 0.5) is 0 Å². The van der Waals surface area contributed by atoms with Crippen molar-refractivity contribution >= 4 is 28.9 Å². The molecule has 0 spiro atoms. The van der Waals surface area contributed by atoms with E-state index in [4.69, 9.17) is 32.1 Å². The van der Waals surface area contributed by atoms with Crippen LogP contribution in [0.25, 0.3) is 0 Å². The van der Waals surface area contributed by atoms with Gasteiger partial charge in [-0.3, -0.25) is 0 Å². The standard InChI is InChI=1S/C21H28ClO2PS/c1-4-5-6-10-17-21(2,3)18-13-15-20(16-14-18)24-25(22,26)23-19-11-8-7-9-12-19/h7-9,11-16H,4-6,10,17H2,1-3H3. The Morgan fingerprint density at radius 2 is 1.46 bits per heavy atom. The first-order valence-electron chi connectivity index (χ1n) is 9.17. The first-order chi connectivity index (χ1) is 12.3. The number of benzene rings is 2. The van der Waals surface area contributed by atoms with Crippen LogP contribution in [-0.2, 0) is 17.2 Å². The lowest BCUT2D eigenvalue weighted by molar-refractivity contribution is 0.445. The molecule has 0 aromatic heterocycles. The fourth-order valence-corrected chi connectivity index (χ4v) is 4.64. The highest BCUT2D eigenvalue weighted by Crippen LogP contribution is 2.53. The first-order valence-corrected chi connectivity index (χ1v) is 12.7. The second kappa shape index (κ2) is 9.78. The molecular formula is C21H28ClO2PS. The Kier molecular flexibility index (Phi) is 8.01. The minimum Gasteiger partial charge on any atom is -0.425 e. The molecule has 0 fully saturated rings. The Morgan fingerprint density at radius 3 is 2.04 bits per heavy atom. The number of halogens is 1. The molecule has 2 rings (SSSR count). The molecule has 0 aliphatic heterocycles. The Balaban J connectivity index is 1.96. The van der Waals surface area contributed by atoms with Crippen molar-refractivity contribution in [2.75, 3.05) is 0 Å². The highest BCUT2D eigenvalue weighted by Gasteiger charge is 2.22. The Labute approximate surface area is 167 Å². The summed E-state index contributed by atoms with van der Waals surface area (Å²) in [6, 6.07) is 17.4. The van der Waals surface area contributed by atoms with Gasteiger partial charge in [0, 0.05) is 11.8 Å². The summed E-state index contributed by atoms with van der Waals surface area (Å²) in [4.78, 5) is 0. The highest BCUT2D eigenvalue weighted by molar-refractivity contribution is 8.22. The number of unbranched alkanes of at least 4 members (excludes halogenated alkanes) is 3. The van der Waals surface area contributed by atoms with Crippen LogP contribution in [0.15, 0.2) is 54.6 Å². The minimum atomic E-state index is -2.91. The topological polar surface area (TPSA) is 18.5 Å². The molecule has 0 N–H and O–H groups in total. The summed E-state index contributed by atoms with van der Waals surface area (Å²) in [6.07, 6.45) is 6.31. The zero-order chi connectivity index (χ0) is 19.0. The van der Waals surface area contributed by atoms with Gasteiger partial charge in [-0.1, -0.05) is 76.8 Å². The van der Waals surface area contributed by atoms with Gasteiger partial charge in [0.1, 0.15) is 11.5 Å². The molecule has 142 valence electrons. The normalized spacial score (nSPS) is 13.8. The van der Waals surface area contributed by atoms with E-state index in [1.165, 1.54) is 37.7 Å². The van der Waals surface area contributed by atoms with E-state index in [9.17, 15) is 0 Å². The fraction of sp³-hybridized carbons (Fsp3) is 0.429. The summed E-state index contributed by atoms with van der Waals surface area (Å²) in [6.45, 7) is 6.82. The minimum absolute atomic E-state index is 0.147. The van der Waals surface area contributed by atoms with E-state index in [1.54, 1.807) is 0 Å². The van der Waals surface area contributed by atoms with Gasteiger partial charge in [0.15, 0.2) is 0 Å². The van der Waals surface area contributed by atoms with Crippen LogP contribution >= 0.6 is 17.1 Å². The zero-order valence-corrected chi connectivity index (χ0v) is 18.2. The van der Waals surface area contributed by atoms with Crippen molar-refractivity contribution in [1.29, 1.82) is 0 Å². The third-order valence-corrected chi connectivity index (χ3v) is 6.18. The average molecular weight is 411 g/mol. The van der Waals surface area contributed by atoms with Gasteiger partial charge in [-0.05, 0) is 52.9 Å². The van der Waals surface area contributed by atoms with E-state index < -0.39 is 5.84 Å².